The van der Waals surface area contributed by atoms with Crippen LogP contribution in [0.3, 0.4) is 0 Å². The van der Waals surface area contributed by atoms with E-state index in [9.17, 15) is 9.90 Å². The normalized spacial score (nSPS) is 23.4. The van der Waals surface area contributed by atoms with Gasteiger partial charge in [-0.1, -0.05) is 24.4 Å². The predicted octanol–water partition coefficient (Wildman–Crippen LogP) is 2.77. The van der Waals surface area contributed by atoms with E-state index in [2.05, 4.69) is 10.6 Å². The summed E-state index contributed by atoms with van der Waals surface area (Å²) in [5, 5.41) is 15.9. The maximum Gasteiger partial charge on any atom is 0.319 e. The molecule has 1 aliphatic rings. The standard InChI is InChI=1S/C13H17ClN2O2/c14-9-5-7-10(8-6-9)15-13(18)16-11-3-1-2-4-12(11)17/h5-8,11-12,17H,1-4H2,(H2,15,16,18)/t11-,12-/m0/s1. The third-order valence-corrected chi connectivity index (χ3v) is 3.40. The van der Waals surface area contributed by atoms with Crippen molar-refractivity contribution in [1.82, 2.24) is 5.32 Å². The minimum atomic E-state index is -0.435. The topological polar surface area (TPSA) is 61.4 Å². The number of nitrogens with one attached hydrogen (secondary N) is 2. The lowest BCUT2D eigenvalue weighted by atomic mass is 9.93. The Morgan fingerprint density at radius 3 is 2.56 bits per heavy atom. The first-order valence-corrected chi connectivity index (χ1v) is 6.54. The van der Waals surface area contributed by atoms with Crippen molar-refractivity contribution in [2.75, 3.05) is 5.32 Å². The van der Waals surface area contributed by atoms with Crippen molar-refractivity contribution in [2.45, 2.75) is 37.8 Å². The Labute approximate surface area is 111 Å². The number of carbonyl (C=O) groups is 1. The van der Waals surface area contributed by atoms with Crippen LogP contribution in [0.4, 0.5) is 10.5 Å². The van der Waals surface area contributed by atoms with Gasteiger partial charge in [0.1, 0.15) is 0 Å². The van der Waals surface area contributed by atoms with Crippen molar-refractivity contribution in [3.63, 3.8) is 0 Å². The second-order valence-corrected chi connectivity index (χ2v) is 5.00. The molecule has 0 bridgehead atoms. The third-order valence-electron chi connectivity index (χ3n) is 3.15. The average molecular weight is 269 g/mol. The van der Waals surface area contributed by atoms with Crippen LogP contribution in [0, 0.1) is 0 Å². The fraction of sp³-hybridized carbons (Fsp3) is 0.462. The van der Waals surface area contributed by atoms with E-state index < -0.39 is 6.10 Å². The van der Waals surface area contributed by atoms with Crippen LogP contribution in [0.2, 0.25) is 5.02 Å². The Bertz CT molecular complexity index is 408. The molecule has 0 aromatic heterocycles. The highest BCUT2D eigenvalue weighted by Gasteiger charge is 2.24. The number of hydrogen-bond donors (Lipinski definition) is 3. The highest BCUT2D eigenvalue weighted by molar-refractivity contribution is 6.30. The summed E-state index contributed by atoms with van der Waals surface area (Å²) in [5.74, 6) is 0. The zero-order chi connectivity index (χ0) is 13.0. The van der Waals surface area contributed by atoms with E-state index in [1.807, 2.05) is 0 Å². The van der Waals surface area contributed by atoms with Crippen molar-refractivity contribution in [3.8, 4) is 0 Å². The van der Waals surface area contributed by atoms with Crippen LogP contribution in [-0.4, -0.2) is 23.3 Å². The number of carbonyl (C=O) groups excluding carboxylic acids is 1. The summed E-state index contributed by atoms with van der Waals surface area (Å²) >= 11 is 5.76. The largest absolute Gasteiger partial charge is 0.391 e. The molecule has 0 saturated heterocycles. The minimum Gasteiger partial charge on any atom is -0.391 e. The Hall–Kier alpha value is -1.26. The Balaban J connectivity index is 1.86. The van der Waals surface area contributed by atoms with Crippen molar-refractivity contribution in [2.24, 2.45) is 0 Å². The summed E-state index contributed by atoms with van der Waals surface area (Å²) in [7, 11) is 0. The number of benzene rings is 1. The van der Waals surface area contributed by atoms with Gasteiger partial charge in [-0.3, -0.25) is 0 Å². The first kappa shape index (κ1) is 13.2. The summed E-state index contributed by atoms with van der Waals surface area (Å²) in [6.07, 6.45) is 3.22. The quantitative estimate of drug-likeness (QED) is 0.772. The molecule has 1 aromatic rings. The molecular formula is C13H17ClN2O2. The molecule has 1 fully saturated rings. The molecular weight excluding hydrogens is 252 g/mol. The summed E-state index contributed by atoms with van der Waals surface area (Å²) < 4.78 is 0. The fourth-order valence-corrected chi connectivity index (χ4v) is 2.27. The molecule has 2 rings (SSSR count). The number of aliphatic hydroxyl groups excluding tert-OH is 1. The van der Waals surface area contributed by atoms with Gasteiger partial charge in [0.15, 0.2) is 0 Å². The summed E-state index contributed by atoms with van der Waals surface area (Å²) in [5.41, 5.74) is 0.683. The van der Waals surface area contributed by atoms with Gasteiger partial charge in [-0.25, -0.2) is 4.79 Å². The van der Waals surface area contributed by atoms with Gasteiger partial charge >= 0.3 is 6.03 Å². The number of amides is 2. The molecule has 1 aliphatic carbocycles. The molecule has 0 unspecified atom stereocenters. The van der Waals surface area contributed by atoms with Gasteiger partial charge in [-0.2, -0.15) is 0 Å². The molecule has 3 N–H and O–H groups in total. The first-order valence-electron chi connectivity index (χ1n) is 6.16. The molecule has 5 heteroatoms. The SMILES string of the molecule is O=C(Nc1ccc(Cl)cc1)N[C@H]1CCCC[C@@H]1O. The number of urea groups is 1. The number of anilines is 1. The Morgan fingerprint density at radius 2 is 1.89 bits per heavy atom. The average Bonchev–Trinajstić information content (AvgIpc) is 2.35. The Morgan fingerprint density at radius 1 is 1.22 bits per heavy atom. The molecule has 4 nitrogen and oxygen atoms in total. The van der Waals surface area contributed by atoms with Crippen LogP contribution in [0.5, 0.6) is 0 Å². The molecule has 0 heterocycles. The predicted molar refractivity (Wildman–Crippen MR) is 71.9 cm³/mol. The first-order chi connectivity index (χ1) is 8.65. The molecule has 1 saturated carbocycles. The zero-order valence-electron chi connectivity index (χ0n) is 10.0. The van der Waals surface area contributed by atoms with Gasteiger partial charge in [0, 0.05) is 10.7 Å². The molecule has 18 heavy (non-hydrogen) atoms. The van der Waals surface area contributed by atoms with E-state index in [-0.39, 0.29) is 12.1 Å². The highest BCUT2D eigenvalue weighted by Crippen LogP contribution is 2.18. The Kier molecular flexibility index (Phi) is 4.44. The molecule has 98 valence electrons. The summed E-state index contributed by atoms with van der Waals surface area (Å²) in [4.78, 5) is 11.7. The highest BCUT2D eigenvalue weighted by atomic mass is 35.5. The van der Waals surface area contributed by atoms with Crippen LogP contribution >= 0.6 is 11.6 Å². The van der Waals surface area contributed by atoms with Crippen molar-refractivity contribution < 1.29 is 9.90 Å². The fourth-order valence-electron chi connectivity index (χ4n) is 2.15. The van der Waals surface area contributed by atoms with Crippen molar-refractivity contribution in [1.29, 1.82) is 0 Å². The smallest absolute Gasteiger partial charge is 0.319 e. The number of hydrogen-bond acceptors (Lipinski definition) is 2. The van der Waals surface area contributed by atoms with Crippen LogP contribution < -0.4 is 10.6 Å². The van der Waals surface area contributed by atoms with Gasteiger partial charge in [-0.15, -0.1) is 0 Å². The van der Waals surface area contributed by atoms with E-state index >= 15 is 0 Å². The third kappa shape index (κ3) is 3.62. The molecule has 2 amide bonds. The van der Waals surface area contributed by atoms with Crippen molar-refractivity contribution >= 4 is 23.3 Å². The summed E-state index contributed by atoms with van der Waals surface area (Å²) in [6, 6.07) is 6.46. The second kappa shape index (κ2) is 6.07. The number of rotatable bonds is 2. The van der Waals surface area contributed by atoms with Crippen LogP contribution in [-0.2, 0) is 0 Å². The van der Waals surface area contributed by atoms with E-state index in [0.717, 1.165) is 25.7 Å². The molecule has 0 spiro atoms. The lowest BCUT2D eigenvalue weighted by molar-refractivity contribution is 0.0955. The van der Waals surface area contributed by atoms with Gasteiger partial charge in [0.2, 0.25) is 0 Å². The van der Waals surface area contributed by atoms with Gasteiger partial charge in [-0.05, 0) is 37.1 Å². The minimum absolute atomic E-state index is 0.147. The number of aliphatic hydroxyl groups is 1. The monoisotopic (exact) mass is 268 g/mol. The van der Waals surface area contributed by atoms with Crippen LogP contribution in [0.1, 0.15) is 25.7 Å². The second-order valence-electron chi connectivity index (χ2n) is 4.56. The van der Waals surface area contributed by atoms with E-state index in [4.69, 9.17) is 11.6 Å². The lowest BCUT2D eigenvalue weighted by Gasteiger charge is -2.28. The molecule has 0 aliphatic heterocycles. The maximum atomic E-state index is 11.7. The number of halogens is 1. The zero-order valence-corrected chi connectivity index (χ0v) is 10.8. The van der Waals surface area contributed by atoms with Crippen LogP contribution in [0.25, 0.3) is 0 Å². The van der Waals surface area contributed by atoms with Crippen molar-refractivity contribution in [3.05, 3.63) is 29.3 Å². The van der Waals surface area contributed by atoms with E-state index in [1.54, 1.807) is 24.3 Å². The molecule has 1 aromatic carbocycles. The molecule has 2 atom stereocenters. The lowest BCUT2D eigenvalue weighted by Crippen LogP contribution is -2.46. The molecule has 0 radical (unpaired) electrons. The van der Waals surface area contributed by atoms with Gasteiger partial charge in [0.25, 0.3) is 0 Å². The van der Waals surface area contributed by atoms with Gasteiger partial charge < -0.3 is 15.7 Å². The van der Waals surface area contributed by atoms with Gasteiger partial charge in [0.05, 0.1) is 12.1 Å². The van der Waals surface area contributed by atoms with E-state index in [0.29, 0.717) is 10.7 Å². The van der Waals surface area contributed by atoms with E-state index in [1.165, 1.54) is 0 Å². The maximum absolute atomic E-state index is 11.7. The summed E-state index contributed by atoms with van der Waals surface area (Å²) in [6.45, 7) is 0. The van der Waals surface area contributed by atoms with Crippen LogP contribution in [0.15, 0.2) is 24.3 Å².